The van der Waals surface area contributed by atoms with E-state index in [1.807, 2.05) is 30.3 Å². The molecule has 0 radical (unpaired) electrons. The Morgan fingerprint density at radius 2 is 1.73 bits per heavy atom. The van der Waals surface area contributed by atoms with Gasteiger partial charge in [-0.25, -0.2) is 4.98 Å². The quantitative estimate of drug-likeness (QED) is 0.641. The van der Waals surface area contributed by atoms with E-state index in [0.717, 1.165) is 16.8 Å². The second-order valence-electron chi connectivity index (χ2n) is 5.60. The predicted octanol–water partition coefficient (Wildman–Crippen LogP) is 4.61. The third kappa shape index (κ3) is 3.81. The molecule has 0 aliphatic rings. The van der Waals surface area contributed by atoms with Crippen molar-refractivity contribution in [3.05, 3.63) is 47.6 Å². The predicted molar refractivity (Wildman–Crippen MR) is 104 cm³/mol. The summed E-state index contributed by atoms with van der Waals surface area (Å²) in [6, 6.07) is 12.8. The monoisotopic (exact) mass is 371 g/mol. The molecule has 0 spiro atoms. The van der Waals surface area contributed by atoms with Crippen LogP contribution in [0.2, 0.25) is 5.15 Å². The zero-order valence-electron chi connectivity index (χ0n) is 14.6. The van der Waals surface area contributed by atoms with Crippen LogP contribution >= 0.6 is 11.6 Å². The largest absolute Gasteiger partial charge is 0.493 e. The SMILES string of the molecule is COc1cc2nc(Cl)cc(Nc3cccc(NC(C)=O)c3)c2cc1OC. The molecule has 0 bridgehead atoms. The van der Waals surface area contributed by atoms with Crippen LogP contribution in [0.4, 0.5) is 17.1 Å². The highest BCUT2D eigenvalue weighted by Crippen LogP contribution is 2.36. The van der Waals surface area contributed by atoms with Crippen LogP contribution in [0.5, 0.6) is 11.5 Å². The van der Waals surface area contributed by atoms with Crippen molar-refractivity contribution >= 4 is 45.5 Å². The molecule has 0 aliphatic carbocycles. The smallest absolute Gasteiger partial charge is 0.221 e. The fourth-order valence-electron chi connectivity index (χ4n) is 2.66. The second kappa shape index (κ2) is 7.49. The Hall–Kier alpha value is -2.99. The number of rotatable bonds is 5. The minimum absolute atomic E-state index is 0.128. The van der Waals surface area contributed by atoms with Gasteiger partial charge >= 0.3 is 0 Å². The number of nitrogens with zero attached hydrogens (tertiary/aromatic N) is 1. The summed E-state index contributed by atoms with van der Waals surface area (Å²) in [5.41, 5.74) is 2.94. The van der Waals surface area contributed by atoms with Crippen molar-refractivity contribution in [3.63, 3.8) is 0 Å². The number of methoxy groups -OCH3 is 2. The van der Waals surface area contributed by atoms with E-state index in [1.54, 1.807) is 26.4 Å². The lowest BCUT2D eigenvalue weighted by atomic mass is 10.1. The summed E-state index contributed by atoms with van der Waals surface area (Å²) in [5, 5.41) is 7.26. The lowest BCUT2D eigenvalue weighted by molar-refractivity contribution is -0.114. The van der Waals surface area contributed by atoms with Crippen LogP contribution in [-0.4, -0.2) is 25.1 Å². The molecule has 7 heteroatoms. The number of nitrogens with one attached hydrogen (secondary N) is 2. The van der Waals surface area contributed by atoms with Gasteiger partial charge in [0.1, 0.15) is 5.15 Å². The highest BCUT2D eigenvalue weighted by atomic mass is 35.5. The average molecular weight is 372 g/mol. The minimum atomic E-state index is -0.128. The fraction of sp³-hybridized carbons (Fsp3) is 0.158. The Kier molecular flexibility index (Phi) is 5.14. The number of amides is 1. The first-order valence-electron chi connectivity index (χ1n) is 7.87. The maximum Gasteiger partial charge on any atom is 0.221 e. The lowest BCUT2D eigenvalue weighted by Crippen LogP contribution is -2.05. The number of hydrogen-bond acceptors (Lipinski definition) is 5. The summed E-state index contributed by atoms with van der Waals surface area (Å²) >= 11 is 6.18. The standard InChI is InChI=1S/C19H18ClN3O3/c1-11(24)21-12-5-4-6-13(7-12)22-16-10-19(20)23-15-9-18(26-3)17(25-2)8-14(15)16/h4-10H,1-3H3,(H,21,24)(H,22,23). The fourth-order valence-corrected chi connectivity index (χ4v) is 2.86. The summed E-state index contributed by atoms with van der Waals surface area (Å²) in [7, 11) is 3.15. The second-order valence-corrected chi connectivity index (χ2v) is 5.99. The maximum absolute atomic E-state index is 11.3. The molecule has 1 heterocycles. The third-order valence-corrected chi connectivity index (χ3v) is 3.94. The highest BCUT2D eigenvalue weighted by molar-refractivity contribution is 6.30. The van der Waals surface area contributed by atoms with Crippen molar-refractivity contribution in [3.8, 4) is 11.5 Å². The molecular formula is C19H18ClN3O3. The normalized spacial score (nSPS) is 10.5. The van der Waals surface area contributed by atoms with Crippen LogP contribution in [0, 0.1) is 0 Å². The van der Waals surface area contributed by atoms with Gasteiger partial charge < -0.3 is 20.1 Å². The Bertz CT molecular complexity index is 976. The Morgan fingerprint density at radius 3 is 2.42 bits per heavy atom. The van der Waals surface area contributed by atoms with Crippen molar-refractivity contribution < 1.29 is 14.3 Å². The number of benzene rings is 2. The van der Waals surface area contributed by atoms with Crippen LogP contribution in [0.15, 0.2) is 42.5 Å². The molecular weight excluding hydrogens is 354 g/mol. The van der Waals surface area contributed by atoms with E-state index in [9.17, 15) is 4.79 Å². The van der Waals surface area contributed by atoms with Crippen molar-refractivity contribution in [1.82, 2.24) is 4.98 Å². The number of halogens is 1. The molecule has 0 fully saturated rings. The summed E-state index contributed by atoms with van der Waals surface area (Å²) < 4.78 is 10.7. The number of carbonyl (C=O) groups excluding carboxylic acids is 1. The van der Waals surface area contributed by atoms with Gasteiger partial charge in [-0.05, 0) is 30.3 Å². The number of fused-ring (bicyclic) bond motifs is 1. The zero-order chi connectivity index (χ0) is 18.7. The van der Waals surface area contributed by atoms with Gasteiger partial charge in [-0.15, -0.1) is 0 Å². The Labute approximate surface area is 156 Å². The van der Waals surface area contributed by atoms with Gasteiger partial charge in [-0.3, -0.25) is 4.79 Å². The Morgan fingerprint density at radius 1 is 1.04 bits per heavy atom. The van der Waals surface area contributed by atoms with Gasteiger partial charge in [0, 0.05) is 29.8 Å². The molecule has 1 amide bonds. The van der Waals surface area contributed by atoms with Gasteiger partial charge in [0.15, 0.2) is 11.5 Å². The number of pyridine rings is 1. The van der Waals surface area contributed by atoms with Gasteiger partial charge in [0.05, 0.1) is 25.4 Å². The van der Waals surface area contributed by atoms with E-state index in [2.05, 4.69) is 15.6 Å². The molecule has 1 aromatic heterocycles. The lowest BCUT2D eigenvalue weighted by Gasteiger charge is -2.14. The average Bonchev–Trinajstić information content (AvgIpc) is 2.60. The van der Waals surface area contributed by atoms with Gasteiger partial charge in [0.25, 0.3) is 0 Å². The number of carbonyl (C=O) groups is 1. The maximum atomic E-state index is 11.3. The number of hydrogen-bond donors (Lipinski definition) is 2. The van der Waals surface area contributed by atoms with Crippen molar-refractivity contribution in [2.75, 3.05) is 24.9 Å². The Balaban J connectivity index is 2.05. The van der Waals surface area contributed by atoms with Gasteiger partial charge in [0.2, 0.25) is 5.91 Å². The molecule has 0 atom stereocenters. The number of aromatic nitrogens is 1. The summed E-state index contributed by atoms with van der Waals surface area (Å²) in [6.07, 6.45) is 0. The number of anilines is 3. The van der Waals surface area contributed by atoms with Gasteiger partial charge in [-0.1, -0.05) is 17.7 Å². The van der Waals surface area contributed by atoms with Crippen LogP contribution in [-0.2, 0) is 4.79 Å². The summed E-state index contributed by atoms with van der Waals surface area (Å²) in [5.74, 6) is 1.05. The van der Waals surface area contributed by atoms with Crippen LogP contribution in [0.3, 0.4) is 0 Å². The molecule has 2 aromatic carbocycles. The molecule has 0 unspecified atom stereocenters. The van der Waals surface area contributed by atoms with E-state index >= 15 is 0 Å². The van der Waals surface area contributed by atoms with Crippen LogP contribution < -0.4 is 20.1 Å². The topological polar surface area (TPSA) is 72.5 Å². The van der Waals surface area contributed by atoms with E-state index < -0.39 is 0 Å². The highest BCUT2D eigenvalue weighted by Gasteiger charge is 2.12. The minimum Gasteiger partial charge on any atom is -0.493 e. The molecule has 3 aromatic rings. The van der Waals surface area contributed by atoms with Crippen molar-refractivity contribution in [1.29, 1.82) is 0 Å². The van der Waals surface area contributed by atoms with E-state index in [-0.39, 0.29) is 5.91 Å². The first kappa shape index (κ1) is 17.8. The van der Waals surface area contributed by atoms with Crippen LogP contribution in [0.25, 0.3) is 10.9 Å². The van der Waals surface area contributed by atoms with Crippen molar-refractivity contribution in [2.45, 2.75) is 6.92 Å². The molecule has 26 heavy (non-hydrogen) atoms. The summed E-state index contributed by atoms with van der Waals surface area (Å²) in [4.78, 5) is 15.6. The van der Waals surface area contributed by atoms with E-state index in [1.165, 1.54) is 6.92 Å². The molecule has 134 valence electrons. The third-order valence-electron chi connectivity index (χ3n) is 3.74. The van der Waals surface area contributed by atoms with E-state index in [0.29, 0.717) is 27.9 Å². The van der Waals surface area contributed by atoms with Gasteiger partial charge in [-0.2, -0.15) is 0 Å². The van der Waals surface area contributed by atoms with Crippen molar-refractivity contribution in [2.24, 2.45) is 0 Å². The first-order valence-corrected chi connectivity index (χ1v) is 8.25. The molecule has 0 aliphatic heterocycles. The number of ether oxygens (including phenoxy) is 2. The first-order chi connectivity index (χ1) is 12.5. The molecule has 0 saturated carbocycles. The summed E-state index contributed by atoms with van der Waals surface area (Å²) in [6.45, 7) is 1.47. The molecule has 6 nitrogen and oxygen atoms in total. The van der Waals surface area contributed by atoms with Crippen LogP contribution in [0.1, 0.15) is 6.92 Å². The zero-order valence-corrected chi connectivity index (χ0v) is 15.3. The molecule has 0 saturated heterocycles. The molecule has 3 rings (SSSR count). The van der Waals surface area contributed by atoms with E-state index in [4.69, 9.17) is 21.1 Å². The molecule has 2 N–H and O–H groups in total.